The van der Waals surface area contributed by atoms with E-state index in [1.807, 2.05) is 24.3 Å². The monoisotopic (exact) mass is 216 g/mol. The van der Waals surface area contributed by atoms with Crippen molar-refractivity contribution in [1.82, 2.24) is 0 Å². The van der Waals surface area contributed by atoms with Crippen LogP contribution in [0.5, 0.6) is 0 Å². The zero-order chi connectivity index (χ0) is 11.4. The molecule has 1 aliphatic carbocycles. The van der Waals surface area contributed by atoms with E-state index in [4.69, 9.17) is 5.11 Å². The van der Waals surface area contributed by atoms with Gasteiger partial charge in [-0.15, -0.1) is 0 Å². The van der Waals surface area contributed by atoms with Crippen molar-refractivity contribution in [3.8, 4) is 0 Å². The highest BCUT2D eigenvalue weighted by molar-refractivity contribution is 5.98. The Labute approximate surface area is 95.6 Å². The number of ketones is 1. The van der Waals surface area contributed by atoms with Gasteiger partial charge in [0.2, 0.25) is 0 Å². The number of carbonyl (C=O) groups is 1. The normalized spacial score (nSPS) is 16.1. The van der Waals surface area contributed by atoms with E-state index in [0.717, 1.165) is 29.5 Å². The lowest BCUT2D eigenvalue weighted by Crippen LogP contribution is -2.02. The maximum atomic E-state index is 11.3. The summed E-state index contributed by atoms with van der Waals surface area (Å²) in [6, 6.07) is 8.11. The van der Waals surface area contributed by atoms with Gasteiger partial charge >= 0.3 is 0 Å². The number of rotatable bonds is 3. The number of aliphatic hydroxyl groups is 1. The van der Waals surface area contributed by atoms with Crippen LogP contribution in [-0.2, 0) is 11.2 Å². The fraction of sp³-hybridized carbons (Fsp3) is 0.357. The molecule has 1 aromatic rings. The van der Waals surface area contributed by atoms with Crippen LogP contribution < -0.4 is 0 Å². The highest BCUT2D eigenvalue weighted by atomic mass is 16.2. The molecule has 1 aromatic carbocycles. The van der Waals surface area contributed by atoms with Crippen LogP contribution in [0.3, 0.4) is 0 Å². The molecule has 0 aliphatic heterocycles. The molecule has 0 heterocycles. The number of hydrogen-bond donors (Lipinski definition) is 1. The van der Waals surface area contributed by atoms with Crippen molar-refractivity contribution in [3.63, 3.8) is 0 Å². The van der Waals surface area contributed by atoms with E-state index in [0.29, 0.717) is 12.8 Å². The quantitative estimate of drug-likeness (QED) is 0.842. The first-order valence-corrected chi connectivity index (χ1v) is 5.73. The molecular weight excluding hydrogens is 200 g/mol. The van der Waals surface area contributed by atoms with Gasteiger partial charge in [0.05, 0.1) is 0 Å². The first-order chi connectivity index (χ1) is 7.79. The van der Waals surface area contributed by atoms with Crippen LogP contribution in [0.15, 0.2) is 30.3 Å². The van der Waals surface area contributed by atoms with Gasteiger partial charge in [0.25, 0.3) is 0 Å². The Bertz CT molecular complexity index is 401. The van der Waals surface area contributed by atoms with Crippen molar-refractivity contribution in [2.45, 2.75) is 25.7 Å². The van der Waals surface area contributed by atoms with Gasteiger partial charge in [-0.2, -0.15) is 0 Å². The molecule has 16 heavy (non-hydrogen) atoms. The molecule has 0 atom stereocenters. The van der Waals surface area contributed by atoms with E-state index in [1.165, 1.54) is 0 Å². The highest BCUT2D eigenvalue weighted by Gasteiger charge is 2.11. The van der Waals surface area contributed by atoms with E-state index in [9.17, 15) is 4.79 Å². The van der Waals surface area contributed by atoms with Crippen LogP contribution in [0.1, 0.15) is 30.4 Å². The zero-order valence-electron chi connectivity index (χ0n) is 9.28. The fourth-order valence-corrected chi connectivity index (χ4v) is 2.03. The molecule has 0 aromatic heterocycles. The lowest BCUT2D eigenvalue weighted by Gasteiger charge is -2.12. The van der Waals surface area contributed by atoms with Crippen molar-refractivity contribution in [2.75, 3.05) is 6.61 Å². The minimum Gasteiger partial charge on any atom is -0.396 e. The Kier molecular flexibility index (Phi) is 3.52. The second-order valence-electron chi connectivity index (χ2n) is 4.16. The molecule has 1 N–H and O–H groups in total. The van der Waals surface area contributed by atoms with Crippen molar-refractivity contribution in [2.24, 2.45) is 0 Å². The Hall–Kier alpha value is -1.41. The summed E-state index contributed by atoms with van der Waals surface area (Å²) in [6.45, 7) is 0.181. The molecular formula is C14H16O2. The molecule has 0 bridgehead atoms. The third-order valence-electron chi connectivity index (χ3n) is 2.93. The van der Waals surface area contributed by atoms with Gasteiger partial charge < -0.3 is 5.11 Å². The second kappa shape index (κ2) is 5.08. The third kappa shape index (κ3) is 2.58. The summed E-state index contributed by atoms with van der Waals surface area (Å²) in [6.07, 6.45) is 5.10. The molecule has 1 aliphatic rings. The second-order valence-corrected chi connectivity index (χ2v) is 4.16. The first-order valence-electron chi connectivity index (χ1n) is 5.73. The zero-order valence-corrected chi connectivity index (χ0v) is 9.28. The van der Waals surface area contributed by atoms with Crippen LogP contribution in [-0.4, -0.2) is 17.5 Å². The van der Waals surface area contributed by atoms with Gasteiger partial charge in [-0.3, -0.25) is 4.79 Å². The van der Waals surface area contributed by atoms with E-state index in [2.05, 4.69) is 0 Å². The summed E-state index contributed by atoms with van der Waals surface area (Å²) in [5.74, 6) is 0.237. The van der Waals surface area contributed by atoms with Crippen LogP contribution in [0.25, 0.3) is 5.57 Å². The lowest BCUT2D eigenvalue weighted by atomic mass is 9.92. The maximum Gasteiger partial charge on any atom is 0.155 e. The molecule has 0 amide bonds. The van der Waals surface area contributed by atoms with Crippen LogP contribution in [0, 0.1) is 0 Å². The average molecular weight is 216 g/mol. The summed E-state index contributed by atoms with van der Waals surface area (Å²) in [7, 11) is 0. The molecule has 2 rings (SSSR count). The van der Waals surface area contributed by atoms with E-state index in [-0.39, 0.29) is 12.4 Å². The predicted octanol–water partition coefficient (Wildman–Crippen LogP) is 2.36. The minimum atomic E-state index is 0.181. The molecule has 0 saturated heterocycles. The van der Waals surface area contributed by atoms with E-state index in [1.54, 1.807) is 6.08 Å². The largest absolute Gasteiger partial charge is 0.396 e. The lowest BCUT2D eigenvalue weighted by molar-refractivity contribution is -0.114. The number of aliphatic hydroxyl groups excluding tert-OH is 1. The third-order valence-corrected chi connectivity index (χ3v) is 2.93. The van der Waals surface area contributed by atoms with Crippen molar-refractivity contribution in [1.29, 1.82) is 0 Å². The molecule has 2 nitrogen and oxygen atoms in total. The topological polar surface area (TPSA) is 37.3 Å². The van der Waals surface area contributed by atoms with Gasteiger partial charge in [0.1, 0.15) is 0 Å². The first kappa shape index (κ1) is 11.1. The summed E-state index contributed by atoms with van der Waals surface area (Å²) in [5.41, 5.74) is 3.41. The van der Waals surface area contributed by atoms with Gasteiger partial charge in [-0.25, -0.2) is 0 Å². The van der Waals surface area contributed by atoms with E-state index < -0.39 is 0 Å². The Morgan fingerprint density at radius 3 is 2.50 bits per heavy atom. The molecule has 0 saturated carbocycles. The van der Waals surface area contributed by atoms with Crippen molar-refractivity contribution >= 4 is 11.4 Å². The summed E-state index contributed by atoms with van der Waals surface area (Å²) >= 11 is 0. The van der Waals surface area contributed by atoms with Crippen molar-refractivity contribution in [3.05, 3.63) is 41.5 Å². The predicted molar refractivity (Wildman–Crippen MR) is 64.1 cm³/mol. The molecule has 0 spiro atoms. The van der Waals surface area contributed by atoms with Gasteiger partial charge in [-0.05, 0) is 42.0 Å². The minimum absolute atomic E-state index is 0.181. The van der Waals surface area contributed by atoms with Crippen LogP contribution in [0.2, 0.25) is 0 Å². The average Bonchev–Trinajstić information content (AvgIpc) is 2.30. The number of hydrogen-bond acceptors (Lipinski definition) is 2. The Morgan fingerprint density at radius 1 is 1.12 bits per heavy atom. The smallest absolute Gasteiger partial charge is 0.155 e. The molecule has 84 valence electrons. The maximum absolute atomic E-state index is 11.3. The summed E-state index contributed by atoms with van der Waals surface area (Å²) in [4.78, 5) is 11.3. The molecule has 0 radical (unpaired) electrons. The Balaban J connectivity index is 2.18. The number of benzene rings is 1. The SMILES string of the molecule is O=C1C=C(c2ccc(CCO)cc2)CCC1. The van der Waals surface area contributed by atoms with Gasteiger partial charge in [-0.1, -0.05) is 24.3 Å². The standard InChI is InChI=1S/C14H16O2/c15-9-8-11-4-6-12(7-5-11)13-2-1-3-14(16)10-13/h4-7,10,15H,1-3,8-9H2. The molecule has 2 heteroatoms. The fourth-order valence-electron chi connectivity index (χ4n) is 2.03. The van der Waals surface area contributed by atoms with E-state index >= 15 is 0 Å². The summed E-state index contributed by atoms with van der Waals surface area (Å²) in [5, 5.41) is 8.82. The number of carbonyl (C=O) groups excluding carboxylic acids is 1. The summed E-state index contributed by atoms with van der Waals surface area (Å²) < 4.78 is 0. The molecule has 0 unspecified atom stereocenters. The van der Waals surface area contributed by atoms with Crippen molar-refractivity contribution < 1.29 is 9.90 Å². The number of allylic oxidation sites excluding steroid dienone is 2. The highest BCUT2D eigenvalue weighted by Crippen LogP contribution is 2.25. The van der Waals surface area contributed by atoms with Gasteiger partial charge in [0.15, 0.2) is 5.78 Å². The van der Waals surface area contributed by atoms with Crippen LogP contribution >= 0.6 is 0 Å². The van der Waals surface area contributed by atoms with Crippen LogP contribution in [0.4, 0.5) is 0 Å². The van der Waals surface area contributed by atoms with Gasteiger partial charge in [0, 0.05) is 13.0 Å². The Morgan fingerprint density at radius 2 is 1.88 bits per heavy atom. The molecule has 0 fully saturated rings.